The van der Waals surface area contributed by atoms with Crippen molar-refractivity contribution in [2.75, 3.05) is 26.3 Å². The fraction of sp³-hybridized carbons (Fsp3) is 0.348. The second-order valence-corrected chi connectivity index (χ2v) is 9.51. The molecule has 0 saturated carbocycles. The van der Waals surface area contributed by atoms with Gasteiger partial charge in [-0.3, -0.25) is 9.89 Å². The van der Waals surface area contributed by atoms with Crippen LogP contribution in [0.1, 0.15) is 29.5 Å². The lowest BCUT2D eigenvalue weighted by Crippen LogP contribution is -2.48. The van der Waals surface area contributed by atoms with E-state index in [0.29, 0.717) is 42.6 Å². The summed E-state index contributed by atoms with van der Waals surface area (Å²) in [5, 5.41) is 6.46. The second-order valence-electron chi connectivity index (χ2n) is 7.68. The lowest BCUT2D eigenvalue weighted by molar-refractivity contribution is -0.108. The van der Waals surface area contributed by atoms with Gasteiger partial charge in [-0.05, 0) is 35.2 Å². The number of ether oxygens (including phenoxy) is 1. The monoisotopic (exact) mass is 552 g/mol. The number of nitrogens with zero attached hydrogens (tertiary/aromatic N) is 3. The number of amidine groups is 1. The molecule has 10 heteroatoms. The molecule has 0 radical (unpaired) electrons. The van der Waals surface area contributed by atoms with Crippen molar-refractivity contribution in [2.24, 2.45) is 4.99 Å². The lowest BCUT2D eigenvalue weighted by atomic mass is 9.95. The first-order valence-corrected chi connectivity index (χ1v) is 12.7. The van der Waals surface area contributed by atoms with E-state index in [9.17, 15) is 9.18 Å². The van der Waals surface area contributed by atoms with E-state index in [0.717, 1.165) is 35.5 Å². The number of hydrogen-bond donors (Lipinski definition) is 1. The van der Waals surface area contributed by atoms with E-state index in [4.69, 9.17) is 21.3 Å². The van der Waals surface area contributed by atoms with E-state index in [1.54, 1.807) is 17.2 Å². The normalized spacial score (nSPS) is 21.8. The molecule has 1 saturated heterocycles. The minimum atomic E-state index is -0.434. The molecule has 1 fully saturated rings. The maximum Gasteiger partial charge on any atom is 0.163 e. The molecule has 2 atom stereocenters. The van der Waals surface area contributed by atoms with Crippen LogP contribution < -0.4 is 5.32 Å². The largest absolute Gasteiger partial charge is 0.378 e. The summed E-state index contributed by atoms with van der Waals surface area (Å²) in [5.74, 6) is 0.254. The van der Waals surface area contributed by atoms with Crippen molar-refractivity contribution in [1.29, 1.82) is 0 Å². The van der Waals surface area contributed by atoms with Gasteiger partial charge in [0, 0.05) is 53.4 Å². The van der Waals surface area contributed by atoms with Gasteiger partial charge in [-0.1, -0.05) is 33.6 Å². The number of nitrogens with one attached hydrogen (secondary N) is 1. The van der Waals surface area contributed by atoms with Gasteiger partial charge in [0.1, 0.15) is 18.1 Å². The predicted octanol–water partition coefficient (Wildman–Crippen LogP) is 4.87. The summed E-state index contributed by atoms with van der Waals surface area (Å²) in [6.45, 7) is 2.59. The average molecular weight is 554 g/mol. The number of benzene rings is 1. The SMILES string of the molecule is O=CCCC1COCCN1CC1=C(/C=C/Br)C(c2ccc(F)cc2Cl)N=C(c2nccs2)N1. The molecule has 0 amide bonds. The number of hydrogen-bond acceptors (Lipinski definition) is 7. The molecule has 3 heterocycles. The van der Waals surface area contributed by atoms with Crippen LogP contribution in [-0.4, -0.2) is 54.4 Å². The summed E-state index contributed by atoms with van der Waals surface area (Å²) in [6, 6.07) is 4.09. The zero-order valence-electron chi connectivity index (χ0n) is 17.7. The van der Waals surface area contributed by atoms with Crippen LogP contribution in [-0.2, 0) is 9.53 Å². The molecule has 2 unspecified atom stereocenters. The maximum atomic E-state index is 13.8. The molecule has 2 aromatic rings. The number of morpholine rings is 1. The molecule has 33 heavy (non-hydrogen) atoms. The molecule has 1 N–H and O–H groups in total. The minimum Gasteiger partial charge on any atom is -0.378 e. The Balaban J connectivity index is 1.75. The van der Waals surface area contributed by atoms with Crippen molar-refractivity contribution in [2.45, 2.75) is 24.9 Å². The van der Waals surface area contributed by atoms with Gasteiger partial charge in [0.15, 0.2) is 10.8 Å². The Morgan fingerprint density at radius 3 is 3.03 bits per heavy atom. The molecule has 0 spiro atoms. The number of aromatic nitrogens is 1. The van der Waals surface area contributed by atoms with Crippen molar-refractivity contribution in [3.05, 3.63) is 73.5 Å². The average Bonchev–Trinajstić information content (AvgIpc) is 3.35. The summed E-state index contributed by atoms with van der Waals surface area (Å²) < 4.78 is 19.4. The topological polar surface area (TPSA) is 66.8 Å². The number of thiazole rings is 1. The predicted molar refractivity (Wildman–Crippen MR) is 133 cm³/mol. The van der Waals surface area contributed by atoms with Crippen LogP contribution in [0.15, 0.2) is 57.1 Å². The number of aldehydes is 1. The van der Waals surface area contributed by atoms with Crippen molar-refractivity contribution < 1.29 is 13.9 Å². The third-order valence-electron chi connectivity index (χ3n) is 5.63. The first-order chi connectivity index (χ1) is 16.1. The molecule has 1 aromatic carbocycles. The maximum absolute atomic E-state index is 13.8. The summed E-state index contributed by atoms with van der Waals surface area (Å²) in [4.78, 5) is 24.4. The zero-order chi connectivity index (χ0) is 23.2. The molecule has 0 aliphatic carbocycles. The van der Waals surface area contributed by atoms with Gasteiger partial charge in [0.05, 0.1) is 13.2 Å². The molecule has 6 nitrogen and oxygen atoms in total. The third-order valence-corrected chi connectivity index (χ3v) is 7.00. The first-order valence-electron chi connectivity index (χ1n) is 10.6. The second kappa shape index (κ2) is 11.5. The Morgan fingerprint density at radius 2 is 2.30 bits per heavy atom. The van der Waals surface area contributed by atoms with E-state index in [1.807, 2.05) is 11.5 Å². The van der Waals surface area contributed by atoms with Crippen LogP contribution in [0.4, 0.5) is 4.39 Å². The zero-order valence-corrected chi connectivity index (χ0v) is 20.9. The van der Waals surface area contributed by atoms with Gasteiger partial charge in [-0.2, -0.15) is 0 Å². The van der Waals surface area contributed by atoms with Gasteiger partial charge in [-0.25, -0.2) is 9.37 Å². The highest BCUT2D eigenvalue weighted by Crippen LogP contribution is 2.37. The number of halogens is 3. The summed E-state index contributed by atoms with van der Waals surface area (Å²) in [7, 11) is 0. The van der Waals surface area contributed by atoms with E-state index >= 15 is 0 Å². The Bertz CT molecular complexity index is 1080. The Labute approximate surface area is 209 Å². The quantitative estimate of drug-likeness (QED) is 0.473. The van der Waals surface area contributed by atoms with E-state index in [-0.39, 0.29) is 6.04 Å². The van der Waals surface area contributed by atoms with Gasteiger partial charge >= 0.3 is 0 Å². The molecular formula is C23H23BrClFN4O2S. The summed E-state index contributed by atoms with van der Waals surface area (Å²) >= 11 is 11.3. The minimum absolute atomic E-state index is 0.141. The van der Waals surface area contributed by atoms with Gasteiger partial charge in [0.25, 0.3) is 0 Å². The number of carbonyl (C=O) groups is 1. The van der Waals surface area contributed by atoms with Crippen LogP contribution >= 0.6 is 38.9 Å². The third kappa shape index (κ3) is 5.78. The number of aliphatic imine (C=N–C) groups is 1. The summed E-state index contributed by atoms with van der Waals surface area (Å²) in [5.41, 5.74) is 2.59. The molecule has 2 aliphatic rings. The van der Waals surface area contributed by atoms with Crippen LogP contribution in [0.3, 0.4) is 0 Å². The van der Waals surface area contributed by atoms with Crippen molar-refractivity contribution >= 4 is 51.0 Å². The fourth-order valence-corrected chi connectivity index (χ4v) is 5.18. The molecule has 174 valence electrons. The van der Waals surface area contributed by atoms with Crippen molar-refractivity contribution in [3.8, 4) is 0 Å². The Hall–Kier alpha value is -1.91. The smallest absolute Gasteiger partial charge is 0.163 e. The summed E-state index contributed by atoms with van der Waals surface area (Å²) in [6.07, 6.45) is 5.85. The molecule has 1 aromatic heterocycles. The van der Waals surface area contributed by atoms with Crippen LogP contribution in [0, 0.1) is 5.82 Å². The van der Waals surface area contributed by atoms with Gasteiger partial charge < -0.3 is 14.8 Å². The highest BCUT2D eigenvalue weighted by Gasteiger charge is 2.30. The molecule has 2 aliphatic heterocycles. The highest BCUT2D eigenvalue weighted by molar-refractivity contribution is 9.11. The first kappa shape index (κ1) is 24.2. The van der Waals surface area contributed by atoms with Gasteiger partial charge in [-0.15, -0.1) is 11.3 Å². The van der Waals surface area contributed by atoms with Crippen molar-refractivity contribution in [1.82, 2.24) is 15.2 Å². The highest BCUT2D eigenvalue weighted by atomic mass is 79.9. The Kier molecular flexibility index (Phi) is 8.43. The van der Waals surface area contributed by atoms with Gasteiger partial charge in [0.2, 0.25) is 0 Å². The standard InChI is InChI=1S/C23H23BrClFN4O2S/c24-6-5-18-20(13-30-8-10-32-14-16(30)2-1-9-31)28-22(23-27-7-11-33-23)29-21(18)17-4-3-15(26)12-19(17)25/h3-7,9,11-12,16,21H,1-2,8,10,13-14H2,(H,28,29)/b6-5+. The Morgan fingerprint density at radius 1 is 1.42 bits per heavy atom. The molecule has 0 bridgehead atoms. The van der Waals surface area contributed by atoms with Crippen LogP contribution in [0.2, 0.25) is 5.02 Å². The van der Waals surface area contributed by atoms with Crippen molar-refractivity contribution in [3.63, 3.8) is 0 Å². The molecule has 4 rings (SSSR count). The number of rotatable bonds is 8. The number of carbonyl (C=O) groups excluding carboxylic acids is 1. The van der Waals surface area contributed by atoms with Crippen LogP contribution in [0.5, 0.6) is 0 Å². The van der Waals surface area contributed by atoms with E-state index in [2.05, 4.69) is 31.1 Å². The van der Waals surface area contributed by atoms with Crippen LogP contribution in [0.25, 0.3) is 0 Å². The van der Waals surface area contributed by atoms with E-state index in [1.165, 1.54) is 23.5 Å². The fourth-order valence-electron chi connectivity index (χ4n) is 4.04. The van der Waals surface area contributed by atoms with E-state index < -0.39 is 11.9 Å². The lowest BCUT2D eigenvalue weighted by Gasteiger charge is -2.37. The molecular weight excluding hydrogens is 531 g/mol.